The van der Waals surface area contributed by atoms with Gasteiger partial charge in [-0.1, -0.05) is 6.92 Å². The number of ether oxygens (including phenoxy) is 1. The summed E-state index contributed by atoms with van der Waals surface area (Å²) >= 11 is 5.87. The zero-order valence-corrected chi connectivity index (χ0v) is 12.9. The largest absolute Gasteiger partial charge is 0.469 e. The van der Waals surface area contributed by atoms with E-state index in [1.165, 1.54) is 0 Å². The van der Waals surface area contributed by atoms with Crippen molar-refractivity contribution < 1.29 is 9.15 Å². The van der Waals surface area contributed by atoms with Crippen LogP contribution in [0.3, 0.4) is 0 Å². The second-order valence-electron chi connectivity index (χ2n) is 4.72. The Kier molecular flexibility index (Phi) is 5.80. The second kappa shape index (κ2) is 7.83. The van der Waals surface area contributed by atoms with Gasteiger partial charge in [-0.05, 0) is 43.5 Å². The van der Waals surface area contributed by atoms with Crippen LogP contribution < -0.4 is 10.1 Å². The van der Waals surface area contributed by atoms with Crippen molar-refractivity contribution in [1.29, 1.82) is 0 Å². The van der Waals surface area contributed by atoms with E-state index in [0.29, 0.717) is 12.6 Å². The molecule has 2 aromatic heterocycles. The van der Waals surface area contributed by atoms with Crippen LogP contribution in [0, 0.1) is 0 Å². The number of nitrogens with zero attached hydrogens (tertiary/aromatic N) is 3. The van der Waals surface area contributed by atoms with Crippen molar-refractivity contribution in [3.8, 4) is 6.01 Å². The molecule has 0 spiro atoms. The Labute approximate surface area is 128 Å². The monoisotopic (exact) mass is 310 g/mol. The van der Waals surface area contributed by atoms with Gasteiger partial charge in [0.15, 0.2) is 0 Å². The summed E-state index contributed by atoms with van der Waals surface area (Å²) in [6, 6.07) is 4.27. The smallest absolute Gasteiger partial charge is 0.322 e. The maximum atomic E-state index is 5.87. The van der Waals surface area contributed by atoms with Crippen LogP contribution in [0.1, 0.15) is 32.4 Å². The summed E-state index contributed by atoms with van der Waals surface area (Å²) < 4.78 is 10.7. The number of furan rings is 1. The lowest BCUT2D eigenvalue weighted by Crippen LogP contribution is -2.18. The van der Waals surface area contributed by atoms with Gasteiger partial charge in [-0.2, -0.15) is 15.0 Å². The number of aryl methyl sites for hydroxylation is 1. The van der Waals surface area contributed by atoms with E-state index in [4.69, 9.17) is 20.8 Å². The van der Waals surface area contributed by atoms with Gasteiger partial charge in [0.05, 0.1) is 12.9 Å². The molecular formula is C14H19ClN4O2. The molecule has 0 bridgehead atoms. The number of halogens is 1. The Balaban J connectivity index is 1.90. The van der Waals surface area contributed by atoms with Crippen LogP contribution >= 0.6 is 11.6 Å². The molecule has 114 valence electrons. The quantitative estimate of drug-likeness (QED) is 0.806. The normalized spacial score (nSPS) is 12.1. The van der Waals surface area contributed by atoms with Crippen LogP contribution in [0.15, 0.2) is 22.8 Å². The number of hydrogen-bond acceptors (Lipinski definition) is 6. The van der Waals surface area contributed by atoms with E-state index in [2.05, 4.69) is 20.3 Å². The average molecular weight is 311 g/mol. The fourth-order valence-corrected chi connectivity index (χ4v) is 1.91. The molecule has 0 radical (unpaired) electrons. The van der Waals surface area contributed by atoms with Crippen molar-refractivity contribution in [3.63, 3.8) is 0 Å². The highest BCUT2D eigenvalue weighted by Gasteiger charge is 2.10. The van der Waals surface area contributed by atoms with E-state index in [1.54, 1.807) is 6.26 Å². The SMILES string of the molecule is CCCOc1nc(Cl)nc(NC(C)CCc2ccco2)n1. The first-order chi connectivity index (χ1) is 10.2. The highest BCUT2D eigenvalue weighted by Crippen LogP contribution is 2.14. The third-order valence-electron chi connectivity index (χ3n) is 2.80. The molecule has 0 aliphatic carbocycles. The van der Waals surface area contributed by atoms with Crippen LogP contribution in [0.25, 0.3) is 0 Å². The summed E-state index contributed by atoms with van der Waals surface area (Å²) in [7, 11) is 0. The summed E-state index contributed by atoms with van der Waals surface area (Å²) in [6.07, 6.45) is 4.29. The predicted molar refractivity (Wildman–Crippen MR) is 80.7 cm³/mol. The van der Waals surface area contributed by atoms with Gasteiger partial charge in [-0.15, -0.1) is 0 Å². The first-order valence-electron chi connectivity index (χ1n) is 7.00. The first kappa shape index (κ1) is 15.6. The van der Waals surface area contributed by atoms with Crippen LogP contribution in [-0.4, -0.2) is 27.6 Å². The van der Waals surface area contributed by atoms with Crippen LogP contribution in [0.2, 0.25) is 5.28 Å². The number of anilines is 1. The highest BCUT2D eigenvalue weighted by atomic mass is 35.5. The minimum atomic E-state index is 0.122. The molecule has 0 aliphatic heterocycles. The van der Waals surface area contributed by atoms with Crippen molar-refractivity contribution in [2.45, 2.75) is 39.2 Å². The van der Waals surface area contributed by atoms with Crippen molar-refractivity contribution in [2.24, 2.45) is 0 Å². The lowest BCUT2D eigenvalue weighted by molar-refractivity contribution is 0.291. The van der Waals surface area contributed by atoms with Gasteiger partial charge in [-0.3, -0.25) is 0 Å². The lowest BCUT2D eigenvalue weighted by Gasteiger charge is -2.13. The molecule has 0 saturated carbocycles. The minimum Gasteiger partial charge on any atom is -0.469 e. The Morgan fingerprint density at radius 1 is 1.38 bits per heavy atom. The van der Waals surface area contributed by atoms with Crippen molar-refractivity contribution >= 4 is 17.5 Å². The van der Waals surface area contributed by atoms with E-state index >= 15 is 0 Å². The Bertz CT molecular complexity index is 548. The maximum absolute atomic E-state index is 5.87. The molecule has 0 aliphatic rings. The van der Waals surface area contributed by atoms with E-state index < -0.39 is 0 Å². The summed E-state index contributed by atoms with van der Waals surface area (Å²) in [5.74, 6) is 1.39. The highest BCUT2D eigenvalue weighted by molar-refractivity contribution is 6.28. The fraction of sp³-hybridized carbons (Fsp3) is 0.500. The minimum absolute atomic E-state index is 0.122. The van der Waals surface area contributed by atoms with Gasteiger partial charge >= 0.3 is 6.01 Å². The summed E-state index contributed by atoms with van der Waals surface area (Å²) in [6.45, 7) is 4.61. The number of aromatic nitrogens is 3. The van der Waals surface area contributed by atoms with Gasteiger partial charge in [0.2, 0.25) is 11.2 Å². The van der Waals surface area contributed by atoms with Crippen LogP contribution in [0.4, 0.5) is 5.95 Å². The molecule has 1 N–H and O–H groups in total. The standard InChI is InChI=1S/C14H19ClN4O2/c1-3-8-21-14-18-12(15)17-13(19-14)16-10(2)6-7-11-5-4-9-20-11/h4-5,9-10H,3,6-8H2,1-2H3,(H,16,17,18,19). The first-order valence-corrected chi connectivity index (χ1v) is 7.38. The van der Waals surface area contributed by atoms with Gasteiger partial charge < -0.3 is 14.5 Å². The second-order valence-corrected chi connectivity index (χ2v) is 5.06. The summed E-state index contributed by atoms with van der Waals surface area (Å²) in [4.78, 5) is 12.2. The number of rotatable bonds is 8. The topological polar surface area (TPSA) is 73.1 Å². The molecule has 1 atom stereocenters. The third-order valence-corrected chi connectivity index (χ3v) is 2.97. The average Bonchev–Trinajstić information content (AvgIpc) is 2.95. The molecule has 2 aromatic rings. The summed E-state index contributed by atoms with van der Waals surface area (Å²) in [5.41, 5.74) is 0. The maximum Gasteiger partial charge on any atom is 0.322 e. The summed E-state index contributed by atoms with van der Waals surface area (Å²) in [5, 5.41) is 3.32. The third kappa shape index (κ3) is 5.23. The van der Waals surface area contributed by atoms with Gasteiger partial charge in [0.25, 0.3) is 0 Å². The molecule has 0 amide bonds. The van der Waals surface area contributed by atoms with Gasteiger partial charge in [0.1, 0.15) is 5.76 Å². The molecule has 1 unspecified atom stereocenters. The van der Waals surface area contributed by atoms with E-state index in [9.17, 15) is 0 Å². The Morgan fingerprint density at radius 3 is 2.95 bits per heavy atom. The van der Waals surface area contributed by atoms with Crippen LogP contribution in [0.5, 0.6) is 6.01 Å². The van der Waals surface area contributed by atoms with E-state index in [-0.39, 0.29) is 17.3 Å². The molecule has 7 heteroatoms. The molecule has 0 aromatic carbocycles. The lowest BCUT2D eigenvalue weighted by atomic mass is 10.1. The van der Waals surface area contributed by atoms with Crippen molar-refractivity contribution in [3.05, 3.63) is 29.4 Å². The van der Waals surface area contributed by atoms with Crippen molar-refractivity contribution in [1.82, 2.24) is 15.0 Å². The van der Waals surface area contributed by atoms with E-state index in [1.807, 2.05) is 26.0 Å². The zero-order chi connectivity index (χ0) is 15.1. The molecule has 0 saturated heterocycles. The Hall–Kier alpha value is -1.82. The molecular weight excluding hydrogens is 292 g/mol. The zero-order valence-electron chi connectivity index (χ0n) is 12.2. The predicted octanol–water partition coefficient (Wildman–Crippen LogP) is 3.34. The van der Waals surface area contributed by atoms with Gasteiger partial charge in [-0.25, -0.2) is 0 Å². The van der Waals surface area contributed by atoms with Crippen LogP contribution in [-0.2, 0) is 6.42 Å². The molecule has 0 fully saturated rings. The Morgan fingerprint density at radius 2 is 2.24 bits per heavy atom. The number of hydrogen-bond donors (Lipinski definition) is 1. The van der Waals surface area contributed by atoms with Gasteiger partial charge in [0, 0.05) is 12.5 Å². The molecule has 2 heterocycles. The molecule has 2 rings (SSSR count). The number of nitrogens with one attached hydrogen (secondary N) is 1. The fourth-order valence-electron chi connectivity index (χ4n) is 1.76. The van der Waals surface area contributed by atoms with Crippen molar-refractivity contribution in [2.75, 3.05) is 11.9 Å². The molecule has 21 heavy (non-hydrogen) atoms. The molecule has 6 nitrogen and oxygen atoms in total. The van der Waals surface area contributed by atoms with E-state index in [0.717, 1.165) is 25.0 Å².